The van der Waals surface area contributed by atoms with E-state index >= 15 is 0 Å². The molecule has 3 atom stereocenters. The molecule has 2 aliphatic heterocycles. The van der Waals surface area contributed by atoms with Crippen LogP contribution in [0.1, 0.15) is 39.5 Å². The van der Waals surface area contributed by atoms with Gasteiger partial charge in [-0.2, -0.15) is 0 Å². The van der Waals surface area contributed by atoms with E-state index in [0.29, 0.717) is 12.8 Å². The van der Waals surface area contributed by atoms with E-state index < -0.39 is 28.8 Å². The zero-order valence-corrected chi connectivity index (χ0v) is 13.8. The SMILES string of the molecule is CC1(C)S[C@H]2[C@H](NC(=O)CCCCC(=O)O)C(=O)N2C1C(=O)O. The second kappa shape index (κ2) is 6.38. The maximum atomic E-state index is 12.2. The lowest BCUT2D eigenvalue weighted by Crippen LogP contribution is -2.70. The first-order chi connectivity index (χ1) is 10.6. The maximum absolute atomic E-state index is 12.2. The molecule has 0 aromatic heterocycles. The Hall–Kier alpha value is -1.77. The third-order valence-corrected chi connectivity index (χ3v) is 5.61. The van der Waals surface area contributed by atoms with Crippen LogP contribution in [0.3, 0.4) is 0 Å². The summed E-state index contributed by atoms with van der Waals surface area (Å²) < 4.78 is -0.618. The first-order valence-corrected chi connectivity index (χ1v) is 8.27. The molecule has 2 amide bonds. The smallest absolute Gasteiger partial charge is 0.327 e. The summed E-state index contributed by atoms with van der Waals surface area (Å²) >= 11 is 1.37. The van der Waals surface area contributed by atoms with Crippen LogP contribution < -0.4 is 5.32 Å². The summed E-state index contributed by atoms with van der Waals surface area (Å²) in [5, 5.41) is 20.1. The molecule has 0 aliphatic carbocycles. The van der Waals surface area contributed by atoms with E-state index in [1.54, 1.807) is 13.8 Å². The van der Waals surface area contributed by atoms with E-state index in [0.717, 1.165) is 0 Å². The number of rotatable bonds is 7. The summed E-state index contributed by atoms with van der Waals surface area (Å²) in [5.74, 6) is -2.64. The fourth-order valence-electron chi connectivity index (χ4n) is 2.95. The highest BCUT2D eigenvalue weighted by Crippen LogP contribution is 2.50. The lowest BCUT2D eigenvalue weighted by Gasteiger charge is -2.43. The van der Waals surface area contributed by atoms with Crippen molar-refractivity contribution in [3.63, 3.8) is 0 Å². The van der Waals surface area contributed by atoms with Gasteiger partial charge in [-0.3, -0.25) is 14.4 Å². The van der Waals surface area contributed by atoms with Crippen molar-refractivity contribution in [1.29, 1.82) is 0 Å². The normalized spacial score (nSPS) is 28.0. The van der Waals surface area contributed by atoms with E-state index in [1.807, 2.05) is 0 Å². The number of hydrogen-bond donors (Lipinski definition) is 3. The zero-order chi connectivity index (χ0) is 17.4. The number of nitrogens with one attached hydrogen (secondary N) is 1. The predicted molar refractivity (Wildman–Crippen MR) is 81.8 cm³/mol. The molecule has 0 bridgehead atoms. The molecule has 8 nitrogen and oxygen atoms in total. The molecule has 0 aromatic rings. The second-order valence-corrected chi connectivity index (χ2v) is 8.02. The first kappa shape index (κ1) is 17.6. The standard InChI is InChI=1S/C14H20N2O6S/c1-14(2)10(13(21)22)16-11(20)9(12(16)23-14)15-7(17)5-3-4-6-8(18)19/h9-10,12H,3-6H2,1-2H3,(H,15,17)(H,18,19)(H,21,22)/t9-,10?,12+/m1/s1. The molecule has 23 heavy (non-hydrogen) atoms. The molecule has 128 valence electrons. The number of amides is 2. The number of β-lactam (4-membered cyclic amide) rings is 1. The average molecular weight is 344 g/mol. The number of carboxylic acids is 2. The van der Waals surface area contributed by atoms with Gasteiger partial charge in [0.1, 0.15) is 17.5 Å². The number of aliphatic carboxylic acids is 2. The van der Waals surface area contributed by atoms with Crippen LogP contribution in [-0.2, 0) is 19.2 Å². The first-order valence-electron chi connectivity index (χ1n) is 7.39. The molecular formula is C14H20N2O6S. The van der Waals surface area contributed by atoms with Gasteiger partial charge in [-0.25, -0.2) is 4.79 Å². The van der Waals surface area contributed by atoms with E-state index in [9.17, 15) is 24.3 Å². The summed E-state index contributed by atoms with van der Waals surface area (Å²) in [6, 6.07) is -1.59. The van der Waals surface area contributed by atoms with Gasteiger partial charge in [0, 0.05) is 17.6 Å². The number of fused-ring (bicyclic) bond motifs is 1. The maximum Gasteiger partial charge on any atom is 0.327 e. The van der Waals surface area contributed by atoms with E-state index in [2.05, 4.69) is 5.32 Å². The molecule has 0 radical (unpaired) electrons. The van der Waals surface area contributed by atoms with Crippen LogP contribution in [0.15, 0.2) is 0 Å². The highest BCUT2D eigenvalue weighted by atomic mass is 32.2. The highest BCUT2D eigenvalue weighted by Gasteiger charge is 2.64. The number of nitrogens with zero attached hydrogens (tertiary/aromatic N) is 1. The molecule has 1 unspecified atom stereocenters. The Balaban J connectivity index is 1.87. The van der Waals surface area contributed by atoms with Crippen LogP contribution in [0.2, 0.25) is 0 Å². The molecule has 3 N–H and O–H groups in total. The van der Waals surface area contributed by atoms with Crippen LogP contribution in [-0.4, -0.2) is 61.1 Å². The lowest BCUT2D eigenvalue weighted by molar-refractivity contribution is -0.161. The number of thioether (sulfide) groups is 1. The number of carboxylic acid groups (broad SMARTS) is 2. The number of unbranched alkanes of at least 4 members (excludes halogenated alkanes) is 1. The van der Waals surface area contributed by atoms with Crippen molar-refractivity contribution in [2.24, 2.45) is 0 Å². The summed E-state index contributed by atoms with van der Waals surface area (Å²) in [6.45, 7) is 3.54. The van der Waals surface area contributed by atoms with E-state index in [-0.39, 0.29) is 30.0 Å². The van der Waals surface area contributed by atoms with Gasteiger partial charge in [-0.15, -0.1) is 11.8 Å². The van der Waals surface area contributed by atoms with Crippen molar-refractivity contribution in [2.75, 3.05) is 0 Å². The summed E-state index contributed by atoms with van der Waals surface area (Å²) in [6.07, 6.45) is 1.00. The minimum atomic E-state index is -1.04. The Labute approximate surface area is 137 Å². The Morgan fingerprint density at radius 3 is 2.39 bits per heavy atom. The van der Waals surface area contributed by atoms with Crippen LogP contribution >= 0.6 is 11.8 Å². The third kappa shape index (κ3) is 3.44. The zero-order valence-electron chi connectivity index (χ0n) is 12.9. The topological polar surface area (TPSA) is 124 Å². The van der Waals surface area contributed by atoms with Gasteiger partial charge in [0.15, 0.2) is 0 Å². The fraction of sp³-hybridized carbons (Fsp3) is 0.714. The van der Waals surface area contributed by atoms with Crippen LogP contribution in [0.5, 0.6) is 0 Å². The number of hydrogen-bond acceptors (Lipinski definition) is 5. The molecule has 2 rings (SSSR count). The van der Waals surface area contributed by atoms with Gasteiger partial charge in [0.05, 0.1) is 0 Å². The molecule has 2 saturated heterocycles. The van der Waals surface area contributed by atoms with Gasteiger partial charge in [-0.1, -0.05) is 0 Å². The van der Waals surface area contributed by atoms with Crippen LogP contribution in [0.4, 0.5) is 0 Å². The van der Waals surface area contributed by atoms with Crippen molar-refractivity contribution < 1.29 is 29.4 Å². The summed E-state index contributed by atoms with van der Waals surface area (Å²) in [4.78, 5) is 47.1. The molecule has 0 spiro atoms. The Morgan fingerprint density at radius 1 is 1.22 bits per heavy atom. The van der Waals surface area contributed by atoms with Crippen LogP contribution in [0, 0.1) is 0 Å². The second-order valence-electron chi connectivity index (χ2n) is 6.24. The van der Waals surface area contributed by atoms with Gasteiger partial charge in [0.2, 0.25) is 11.8 Å². The monoisotopic (exact) mass is 344 g/mol. The quantitative estimate of drug-likeness (QED) is 0.447. The average Bonchev–Trinajstić information content (AvgIpc) is 2.69. The highest BCUT2D eigenvalue weighted by molar-refractivity contribution is 8.01. The molecule has 9 heteroatoms. The predicted octanol–water partition coefficient (Wildman–Crippen LogP) is 0.263. The molecule has 2 heterocycles. The van der Waals surface area contributed by atoms with Gasteiger partial charge in [-0.05, 0) is 26.7 Å². The third-order valence-electron chi connectivity index (χ3n) is 4.04. The Kier molecular flexibility index (Phi) is 4.88. The molecule has 0 saturated carbocycles. The summed E-state index contributed by atoms with van der Waals surface area (Å²) in [5.41, 5.74) is 0. The minimum absolute atomic E-state index is 0.0103. The van der Waals surface area contributed by atoms with Crippen molar-refractivity contribution in [3.05, 3.63) is 0 Å². The van der Waals surface area contributed by atoms with Crippen molar-refractivity contribution in [2.45, 2.75) is 61.7 Å². The largest absolute Gasteiger partial charge is 0.481 e. The number of carbonyl (C=O) groups excluding carboxylic acids is 2. The van der Waals surface area contributed by atoms with E-state index in [4.69, 9.17) is 5.11 Å². The van der Waals surface area contributed by atoms with Gasteiger partial charge in [0.25, 0.3) is 0 Å². The minimum Gasteiger partial charge on any atom is -0.481 e. The molecule has 2 aliphatic rings. The van der Waals surface area contributed by atoms with Crippen LogP contribution in [0.25, 0.3) is 0 Å². The Bertz CT molecular complexity index is 549. The number of carbonyl (C=O) groups is 4. The van der Waals surface area contributed by atoms with Crippen molar-refractivity contribution in [3.8, 4) is 0 Å². The van der Waals surface area contributed by atoms with Gasteiger partial charge < -0.3 is 20.4 Å². The molecule has 0 aromatic carbocycles. The van der Waals surface area contributed by atoms with Crippen molar-refractivity contribution in [1.82, 2.24) is 10.2 Å². The fourth-order valence-corrected chi connectivity index (χ4v) is 4.58. The molecular weight excluding hydrogens is 324 g/mol. The summed E-state index contributed by atoms with van der Waals surface area (Å²) in [7, 11) is 0. The lowest BCUT2D eigenvalue weighted by atomic mass is 9.96. The molecule has 2 fully saturated rings. The Morgan fingerprint density at radius 2 is 1.83 bits per heavy atom. The van der Waals surface area contributed by atoms with Gasteiger partial charge >= 0.3 is 11.9 Å². The van der Waals surface area contributed by atoms with Crippen molar-refractivity contribution >= 4 is 35.5 Å². The van der Waals surface area contributed by atoms with E-state index in [1.165, 1.54) is 16.7 Å².